The second-order valence-corrected chi connectivity index (χ2v) is 6.00. The van der Waals surface area contributed by atoms with Gasteiger partial charge in [0.25, 0.3) is 5.91 Å². The van der Waals surface area contributed by atoms with Crippen LogP contribution in [0.5, 0.6) is 0 Å². The van der Waals surface area contributed by atoms with Gasteiger partial charge in [-0.3, -0.25) is 14.9 Å². The van der Waals surface area contributed by atoms with E-state index in [1.54, 1.807) is 17.8 Å². The summed E-state index contributed by atoms with van der Waals surface area (Å²) in [6, 6.07) is 0. The van der Waals surface area contributed by atoms with Crippen LogP contribution >= 0.6 is 11.8 Å². The molecule has 0 bridgehead atoms. The van der Waals surface area contributed by atoms with Crippen molar-refractivity contribution in [1.29, 1.82) is 0 Å². The highest BCUT2D eigenvalue weighted by atomic mass is 32.2. The molecule has 2 aromatic rings. The van der Waals surface area contributed by atoms with Crippen LogP contribution in [0.25, 0.3) is 0 Å². The molecule has 11 heteroatoms. The monoisotopic (exact) mass is 381 g/mol. The van der Waals surface area contributed by atoms with E-state index in [2.05, 4.69) is 15.5 Å². The maximum absolute atomic E-state index is 12.2. The molecule has 0 saturated heterocycles. The first-order valence-electron chi connectivity index (χ1n) is 7.79. The number of anilines is 1. The highest BCUT2D eigenvalue weighted by Crippen LogP contribution is 2.28. The summed E-state index contributed by atoms with van der Waals surface area (Å²) in [5.74, 6) is -2.14. The number of amides is 2. The van der Waals surface area contributed by atoms with Crippen LogP contribution in [-0.2, 0) is 16.1 Å². The van der Waals surface area contributed by atoms with Crippen LogP contribution < -0.4 is 11.1 Å². The fourth-order valence-corrected chi connectivity index (χ4v) is 2.96. The lowest BCUT2D eigenvalue weighted by Gasteiger charge is -2.05. The Hall–Kier alpha value is -2.82. The van der Waals surface area contributed by atoms with E-state index in [0.29, 0.717) is 11.7 Å². The summed E-state index contributed by atoms with van der Waals surface area (Å²) < 4.78 is 12.0. The number of rotatable bonds is 8. The van der Waals surface area contributed by atoms with Crippen LogP contribution in [-0.4, -0.2) is 44.9 Å². The molecule has 0 aliphatic heterocycles. The van der Waals surface area contributed by atoms with Crippen molar-refractivity contribution in [1.82, 2.24) is 14.8 Å². The molecule has 2 heterocycles. The summed E-state index contributed by atoms with van der Waals surface area (Å²) in [5, 5.41) is 10.7. The number of aromatic nitrogens is 3. The Kier molecular flexibility index (Phi) is 6.39. The average Bonchev–Trinajstić information content (AvgIpc) is 3.16. The first-order valence-corrected chi connectivity index (χ1v) is 8.78. The van der Waals surface area contributed by atoms with Crippen LogP contribution in [0.2, 0.25) is 0 Å². The molecule has 0 radical (unpaired) electrons. The Morgan fingerprint density at radius 3 is 2.69 bits per heavy atom. The van der Waals surface area contributed by atoms with Crippen LogP contribution in [0.15, 0.2) is 15.9 Å². The number of nitrogens with zero attached hydrogens (tertiary/aromatic N) is 3. The summed E-state index contributed by atoms with van der Waals surface area (Å²) in [6.45, 7) is 5.83. The maximum atomic E-state index is 12.2. The summed E-state index contributed by atoms with van der Waals surface area (Å²) in [4.78, 5) is 35.9. The molecule has 0 atom stereocenters. The molecule has 3 N–H and O–H groups in total. The molecule has 10 nitrogen and oxygen atoms in total. The largest absolute Gasteiger partial charge is 0.462 e. The molecule has 0 aliphatic carbocycles. The van der Waals surface area contributed by atoms with Gasteiger partial charge in [-0.1, -0.05) is 11.8 Å². The number of nitrogens with one attached hydrogen (secondary N) is 1. The molecule has 0 unspecified atom stereocenters. The van der Waals surface area contributed by atoms with Gasteiger partial charge >= 0.3 is 5.97 Å². The van der Waals surface area contributed by atoms with Gasteiger partial charge in [0.2, 0.25) is 11.8 Å². The molecule has 140 valence electrons. The number of carbonyl (C=O) groups excluding carboxylic acids is 3. The van der Waals surface area contributed by atoms with Crippen molar-refractivity contribution in [3.05, 3.63) is 23.2 Å². The quantitative estimate of drug-likeness (QED) is 0.513. The smallest absolute Gasteiger partial charge is 0.342 e. The Labute approximate surface area is 153 Å². The Bertz CT molecular complexity index is 829. The third-order valence-corrected chi connectivity index (χ3v) is 4.30. The number of ether oxygens (including phenoxy) is 1. The highest BCUT2D eigenvalue weighted by molar-refractivity contribution is 7.99. The number of carbonyl (C=O) groups is 3. The number of esters is 1. The summed E-state index contributed by atoms with van der Waals surface area (Å²) in [7, 11) is 0. The van der Waals surface area contributed by atoms with Gasteiger partial charge in [-0.25, -0.2) is 4.79 Å². The number of hydrogen-bond acceptors (Lipinski definition) is 8. The summed E-state index contributed by atoms with van der Waals surface area (Å²) in [6.07, 6.45) is 1.56. The van der Waals surface area contributed by atoms with Crippen LogP contribution in [0, 0.1) is 6.92 Å². The van der Waals surface area contributed by atoms with Gasteiger partial charge in [-0.05, 0) is 20.8 Å². The fraction of sp³-hybridized carbons (Fsp3) is 0.400. The number of hydrogen-bond donors (Lipinski definition) is 2. The Morgan fingerprint density at radius 2 is 2.08 bits per heavy atom. The van der Waals surface area contributed by atoms with Gasteiger partial charge < -0.3 is 19.5 Å². The molecule has 0 saturated carbocycles. The van der Waals surface area contributed by atoms with Crippen molar-refractivity contribution in [2.45, 2.75) is 32.5 Å². The zero-order valence-electron chi connectivity index (χ0n) is 14.6. The third kappa shape index (κ3) is 4.23. The molecule has 2 rings (SSSR count). The van der Waals surface area contributed by atoms with Gasteiger partial charge in [-0.15, -0.1) is 10.2 Å². The maximum Gasteiger partial charge on any atom is 0.342 e. The average molecular weight is 381 g/mol. The minimum atomic E-state index is -0.904. The standard InChI is InChI=1S/C15H19N5O5S/c1-4-20-7-17-19-15(20)26-6-9(21)18-13-11(12(16)22)10(8(3)25-13)14(23)24-5-2/h7H,4-6H2,1-3H3,(H2,16,22)(H,18,21). The summed E-state index contributed by atoms with van der Waals surface area (Å²) >= 11 is 1.17. The predicted octanol–water partition coefficient (Wildman–Crippen LogP) is 1.21. The molecule has 0 spiro atoms. The van der Waals surface area contributed by atoms with Crippen molar-refractivity contribution in [3.63, 3.8) is 0 Å². The number of thioether (sulfide) groups is 1. The van der Waals surface area contributed by atoms with E-state index in [-0.39, 0.29) is 35.1 Å². The topological polar surface area (TPSA) is 142 Å². The van der Waals surface area contributed by atoms with E-state index in [1.807, 2.05) is 6.92 Å². The Balaban J connectivity index is 2.15. The second-order valence-electron chi connectivity index (χ2n) is 5.06. The van der Waals surface area contributed by atoms with E-state index in [4.69, 9.17) is 14.9 Å². The zero-order valence-corrected chi connectivity index (χ0v) is 15.4. The number of aryl methyl sites for hydroxylation is 2. The lowest BCUT2D eigenvalue weighted by atomic mass is 10.1. The van der Waals surface area contributed by atoms with Crippen LogP contribution in [0.1, 0.15) is 40.3 Å². The molecule has 26 heavy (non-hydrogen) atoms. The predicted molar refractivity (Wildman–Crippen MR) is 93.0 cm³/mol. The van der Waals surface area contributed by atoms with Gasteiger partial charge in [0.05, 0.1) is 12.4 Å². The van der Waals surface area contributed by atoms with Crippen molar-refractivity contribution < 1.29 is 23.5 Å². The van der Waals surface area contributed by atoms with Crippen molar-refractivity contribution in [3.8, 4) is 0 Å². The van der Waals surface area contributed by atoms with Crippen LogP contribution in [0.4, 0.5) is 5.88 Å². The zero-order chi connectivity index (χ0) is 19.3. The van der Waals surface area contributed by atoms with Crippen LogP contribution in [0.3, 0.4) is 0 Å². The van der Waals surface area contributed by atoms with Gasteiger partial charge in [0.1, 0.15) is 23.2 Å². The van der Waals surface area contributed by atoms with Gasteiger partial charge in [0, 0.05) is 6.54 Å². The van der Waals surface area contributed by atoms with Gasteiger partial charge in [-0.2, -0.15) is 0 Å². The number of nitrogens with two attached hydrogens (primary N) is 1. The van der Waals surface area contributed by atoms with E-state index in [1.165, 1.54) is 18.7 Å². The van der Waals surface area contributed by atoms with Gasteiger partial charge in [0.15, 0.2) is 5.16 Å². The lowest BCUT2D eigenvalue weighted by molar-refractivity contribution is -0.113. The summed E-state index contributed by atoms with van der Waals surface area (Å²) in [5.41, 5.74) is 5.04. The first kappa shape index (κ1) is 19.5. The third-order valence-electron chi connectivity index (χ3n) is 3.32. The normalized spacial score (nSPS) is 10.6. The molecular formula is C15H19N5O5S. The van der Waals surface area contributed by atoms with E-state index >= 15 is 0 Å². The molecule has 2 amide bonds. The minimum absolute atomic E-state index is 0.00534. The molecule has 0 aromatic carbocycles. The molecule has 0 fully saturated rings. The number of primary amides is 1. The first-order chi connectivity index (χ1) is 12.4. The number of furan rings is 1. The van der Waals surface area contributed by atoms with E-state index in [0.717, 1.165) is 0 Å². The van der Waals surface area contributed by atoms with E-state index in [9.17, 15) is 14.4 Å². The fourth-order valence-electron chi connectivity index (χ4n) is 2.18. The van der Waals surface area contributed by atoms with Crippen molar-refractivity contribution >= 4 is 35.4 Å². The Morgan fingerprint density at radius 1 is 1.35 bits per heavy atom. The van der Waals surface area contributed by atoms with E-state index < -0.39 is 17.8 Å². The second kappa shape index (κ2) is 8.52. The minimum Gasteiger partial charge on any atom is -0.462 e. The van der Waals surface area contributed by atoms with Crippen molar-refractivity contribution in [2.24, 2.45) is 5.73 Å². The van der Waals surface area contributed by atoms with Crippen molar-refractivity contribution in [2.75, 3.05) is 17.7 Å². The highest BCUT2D eigenvalue weighted by Gasteiger charge is 2.29. The SMILES string of the molecule is CCOC(=O)c1c(C)oc(NC(=O)CSc2nncn2CC)c1C(N)=O. The molecule has 2 aromatic heterocycles. The lowest BCUT2D eigenvalue weighted by Crippen LogP contribution is -2.21. The molecular weight excluding hydrogens is 362 g/mol. The molecule has 0 aliphatic rings.